The van der Waals surface area contributed by atoms with Gasteiger partial charge in [0.05, 0.1) is 6.04 Å². The molecule has 1 aliphatic rings. The van der Waals surface area contributed by atoms with Crippen LogP contribution >= 0.6 is 11.6 Å². The van der Waals surface area contributed by atoms with E-state index >= 15 is 0 Å². The number of pyridine rings is 1. The molecule has 0 saturated carbocycles. The molecule has 26 heavy (non-hydrogen) atoms. The van der Waals surface area contributed by atoms with Crippen molar-refractivity contribution in [2.45, 2.75) is 31.7 Å². The molecule has 2 aromatic heterocycles. The molecule has 7 heteroatoms. The van der Waals surface area contributed by atoms with Crippen LogP contribution < -0.4 is 5.32 Å². The van der Waals surface area contributed by atoms with Crippen molar-refractivity contribution in [3.63, 3.8) is 0 Å². The Labute approximate surface area is 155 Å². The van der Waals surface area contributed by atoms with E-state index in [0.717, 1.165) is 23.4 Å². The normalized spacial score (nSPS) is 15.7. The fourth-order valence-corrected chi connectivity index (χ4v) is 3.37. The van der Waals surface area contributed by atoms with Crippen molar-refractivity contribution >= 4 is 17.5 Å². The molecule has 0 fully saturated rings. The number of benzene rings is 1. The van der Waals surface area contributed by atoms with E-state index in [-0.39, 0.29) is 11.9 Å². The third-order valence-electron chi connectivity index (χ3n) is 4.45. The minimum atomic E-state index is -0.0320. The van der Waals surface area contributed by atoms with Crippen molar-refractivity contribution in [3.05, 3.63) is 64.6 Å². The number of rotatable bonds is 5. The van der Waals surface area contributed by atoms with E-state index in [1.165, 1.54) is 5.56 Å². The standard InChI is InChI=1S/C19H17ClN4O2/c20-13-5-6-14-12(11-13)4-7-15(14)22-17(25)8-9-18-23-19(24-26-18)16-3-1-2-10-21-16/h1-3,5-6,10-11,15H,4,7-9H2,(H,22,25). The Balaban J connectivity index is 1.34. The van der Waals surface area contributed by atoms with E-state index in [0.29, 0.717) is 30.3 Å². The quantitative estimate of drug-likeness (QED) is 0.745. The van der Waals surface area contributed by atoms with Crippen LogP contribution in [0.5, 0.6) is 0 Å². The number of amides is 1. The third-order valence-corrected chi connectivity index (χ3v) is 4.68. The number of aryl methyl sites for hydroxylation is 2. The Morgan fingerprint density at radius 3 is 3.08 bits per heavy atom. The van der Waals surface area contributed by atoms with Crippen molar-refractivity contribution in [3.8, 4) is 11.5 Å². The molecule has 1 amide bonds. The first kappa shape index (κ1) is 16.7. The number of aromatic nitrogens is 3. The first-order valence-electron chi connectivity index (χ1n) is 8.51. The maximum Gasteiger partial charge on any atom is 0.227 e. The van der Waals surface area contributed by atoms with E-state index in [2.05, 4.69) is 20.4 Å². The Kier molecular flexibility index (Phi) is 4.67. The van der Waals surface area contributed by atoms with Crippen LogP contribution in [0.25, 0.3) is 11.5 Å². The molecule has 2 heterocycles. The highest BCUT2D eigenvalue weighted by Crippen LogP contribution is 2.32. The molecule has 4 rings (SSSR count). The predicted molar refractivity (Wildman–Crippen MR) is 96.5 cm³/mol. The van der Waals surface area contributed by atoms with Crippen LogP contribution in [0.1, 0.15) is 35.9 Å². The molecule has 0 aliphatic heterocycles. The zero-order chi connectivity index (χ0) is 17.9. The summed E-state index contributed by atoms with van der Waals surface area (Å²) in [5, 5.41) is 7.72. The lowest BCUT2D eigenvalue weighted by atomic mass is 10.1. The number of carbonyl (C=O) groups is 1. The second-order valence-electron chi connectivity index (χ2n) is 6.23. The van der Waals surface area contributed by atoms with Crippen molar-refractivity contribution in [1.29, 1.82) is 0 Å². The van der Waals surface area contributed by atoms with Gasteiger partial charge in [-0.15, -0.1) is 0 Å². The molecule has 1 N–H and O–H groups in total. The number of nitrogens with zero attached hydrogens (tertiary/aromatic N) is 3. The number of hydrogen-bond acceptors (Lipinski definition) is 5. The van der Waals surface area contributed by atoms with Crippen LogP contribution in [0.3, 0.4) is 0 Å². The zero-order valence-corrected chi connectivity index (χ0v) is 14.7. The number of halogens is 1. The van der Waals surface area contributed by atoms with Gasteiger partial charge in [0, 0.05) is 24.1 Å². The van der Waals surface area contributed by atoms with Gasteiger partial charge in [-0.1, -0.05) is 28.9 Å². The molecule has 1 unspecified atom stereocenters. The second-order valence-corrected chi connectivity index (χ2v) is 6.67. The molecular weight excluding hydrogens is 352 g/mol. The van der Waals surface area contributed by atoms with Crippen molar-refractivity contribution in [2.75, 3.05) is 0 Å². The molecule has 0 saturated heterocycles. The lowest BCUT2D eigenvalue weighted by Gasteiger charge is -2.13. The lowest BCUT2D eigenvalue weighted by Crippen LogP contribution is -2.27. The molecule has 1 aromatic carbocycles. The van der Waals surface area contributed by atoms with E-state index in [9.17, 15) is 4.79 Å². The van der Waals surface area contributed by atoms with Gasteiger partial charge in [0.15, 0.2) is 0 Å². The highest BCUT2D eigenvalue weighted by atomic mass is 35.5. The first-order valence-corrected chi connectivity index (χ1v) is 8.88. The molecular formula is C19H17ClN4O2. The smallest absolute Gasteiger partial charge is 0.227 e. The number of hydrogen-bond donors (Lipinski definition) is 1. The van der Waals surface area contributed by atoms with Gasteiger partial charge in [0.25, 0.3) is 0 Å². The number of nitrogens with one attached hydrogen (secondary N) is 1. The van der Waals surface area contributed by atoms with Crippen molar-refractivity contribution < 1.29 is 9.32 Å². The third kappa shape index (κ3) is 3.60. The average molecular weight is 369 g/mol. The minimum Gasteiger partial charge on any atom is -0.349 e. The van der Waals surface area contributed by atoms with Gasteiger partial charge >= 0.3 is 0 Å². The van der Waals surface area contributed by atoms with Gasteiger partial charge in [-0.3, -0.25) is 9.78 Å². The van der Waals surface area contributed by atoms with Crippen LogP contribution in [0.15, 0.2) is 47.1 Å². The van der Waals surface area contributed by atoms with Gasteiger partial charge in [0.1, 0.15) is 5.69 Å². The summed E-state index contributed by atoms with van der Waals surface area (Å²) in [6, 6.07) is 11.4. The van der Waals surface area contributed by atoms with E-state index in [4.69, 9.17) is 16.1 Å². The molecule has 0 bridgehead atoms. The van der Waals surface area contributed by atoms with Crippen LogP contribution in [0.4, 0.5) is 0 Å². The minimum absolute atomic E-state index is 0.0320. The second kappa shape index (κ2) is 7.25. The molecule has 3 aromatic rings. The highest BCUT2D eigenvalue weighted by Gasteiger charge is 2.24. The monoisotopic (exact) mass is 368 g/mol. The summed E-state index contributed by atoms with van der Waals surface area (Å²) >= 11 is 6.03. The number of fused-ring (bicyclic) bond motifs is 1. The largest absolute Gasteiger partial charge is 0.349 e. The topological polar surface area (TPSA) is 80.9 Å². The van der Waals surface area contributed by atoms with Gasteiger partial charge in [0.2, 0.25) is 17.6 Å². The summed E-state index contributed by atoms with van der Waals surface area (Å²) in [6.07, 6.45) is 4.18. The maximum absolute atomic E-state index is 12.3. The maximum atomic E-state index is 12.3. The number of carbonyl (C=O) groups excluding carboxylic acids is 1. The predicted octanol–water partition coefficient (Wildman–Crippen LogP) is 3.52. The van der Waals surface area contributed by atoms with E-state index < -0.39 is 0 Å². The van der Waals surface area contributed by atoms with Crippen molar-refractivity contribution in [2.24, 2.45) is 0 Å². The van der Waals surface area contributed by atoms with Crippen molar-refractivity contribution in [1.82, 2.24) is 20.4 Å². The highest BCUT2D eigenvalue weighted by molar-refractivity contribution is 6.30. The summed E-state index contributed by atoms with van der Waals surface area (Å²) in [5.74, 6) is 0.831. The SMILES string of the molecule is O=C(CCc1nc(-c2ccccn2)no1)NC1CCc2cc(Cl)ccc21. The summed E-state index contributed by atoms with van der Waals surface area (Å²) in [4.78, 5) is 20.8. The van der Waals surface area contributed by atoms with Crippen LogP contribution in [-0.2, 0) is 17.6 Å². The molecule has 132 valence electrons. The molecule has 0 radical (unpaired) electrons. The van der Waals surface area contributed by atoms with E-state index in [1.807, 2.05) is 36.4 Å². The molecule has 0 spiro atoms. The fraction of sp³-hybridized carbons (Fsp3) is 0.263. The Morgan fingerprint density at radius 2 is 2.23 bits per heavy atom. The van der Waals surface area contributed by atoms with Crippen LogP contribution in [-0.4, -0.2) is 21.0 Å². The molecule has 1 atom stereocenters. The fourth-order valence-electron chi connectivity index (χ4n) is 3.18. The van der Waals surface area contributed by atoms with E-state index in [1.54, 1.807) is 6.20 Å². The van der Waals surface area contributed by atoms with Crippen LogP contribution in [0.2, 0.25) is 5.02 Å². The lowest BCUT2D eigenvalue weighted by molar-refractivity contribution is -0.121. The summed E-state index contributed by atoms with van der Waals surface area (Å²) in [5.41, 5.74) is 3.01. The Morgan fingerprint density at radius 1 is 1.31 bits per heavy atom. The average Bonchev–Trinajstić information content (AvgIpc) is 3.28. The molecule has 6 nitrogen and oxygen atoms in total. The zero-order valence-electron chi connectivity index (χ0n) is 14.0. The summed E-state index contributed by atoms with van der Waals surface area (Å²) in [7, 11) is 0. The van der Waals surface area contributed by atoms with Gasteiger partial charge in [-0.2, -0.15) is 4.98 Å². The summed E-state index contributed by atoms with van der Waals surface area (Å²) in [6.45, 7) is 0. The molecule has 1 aliphatic carbocycles. The van der Waals surface area contributed by atoms with Gasteiger partial charge < -0.3 is 9.84 Å². The van der Waals surface area contributed by atoms with Gasteiger partial charge in [-0.25, -0.2) is 0 Å². The Bertz CT molecular complexity index is 926. The first-order chi connectivity index (χ1) is 12.7. The summed E-state index contributed by atoms with van der Waals surface area (Å²) < 4.78 is 5.21. The Hall–Kier alpha value is -2.73. The van der Waals surface area contributed by atoms with Crippen LogP contribution in [0, 0.1) is 0 Å². The van der Waals surface area contributed by atoms with Gasteiger partial charge in [-0.05, 0) is 48.2 Å².